The Morgan fingerprint density at radius 1 is 0.792 bits per heavy atom. The van der Waals surface area contributed by atoms with Gasteiger partial charge in [0.25, 0.3) is 23.6 Å². The van der Waals surface area contributed by atoms with Gasteiger partial charge >= 0.3 is 0 Å². The molecular weight excluding hydrogens is 308 g/mol. The topological polar surface area (TPSA) is 74.8 Å². The summed E-state index contributed by atoms with van der Waals surface area (Å²) < 4.78 is 0. The Bertz CT molecular complexity index is 802. The van der Waals surface area contributed by atoms with Crippen molar-refractivity contribution in [3.05, 3.63) is 58.7 Å². The van der Waals surface area contributed by atoms with Crippen molar-refractivity contribution in [2.75, 3.05) is 0 Å². The number of imide groups is 2. The molecule has 0 unspecified atom stereocenters. The highest BCUT2D eigenvalue weighted by Gasteiger charge is 2.44. The Kier molecular flexibility index (Phi) is 3.67. The largest absolute Gasteiger partial charge is 0.269 e. The summed E-state index contributed by atoms with van der Waals surface area (Å²) in [6.45, 7) is 4.92. The Morgan fingerprint density at radius 2 is 1.29 bits per heavy atom. The van der Waals surface area contributed by atoms with Gasteiger partial charge in [0.05, 0.1) is 0 Å². The van der Waals surface area contributed by atoms with Crippen LogP contribution in [-0.4, -0.2) is 33.4 Å². The first-order chi connectivity index (χ1) is 11.3. The maximum atomic E-state index is 12.4. The first-order valence-electron chi connectivity index (χ1n) is 7.49. The van der Waals surface area contributed by atoms with Crippen molar-refractivity contribution >= 4 is 23.6 Å². The third-order valence-electron chi connectivity index (χ3n) is 4.10. The summed E-state index contributed by atoms with van der Waals surface area (Å²) in [5.74, 6) is -2.07. The number of benzene rings is 1. The SMILES string of the molecule is CC1=CC(=O)N(C(c2cccc(C)c2)N2C(=O)C=C(C)C2=O)C1=O. The van der Waals surface area contributed by atoms with Gasteiger partial charge < -0.3 is 0 Å². The molecule has 0 radical (unpaired) electrons. The summed E-state index contributed by atoms with van der Waals surface area (Å²) in [5.41, 5.74) is 1.98. The molecule has 0 atom stereocenters. The molecular formula is C18H16N2O4. The van der Waals surface area contributed by atoms with Crippen LogP contribution in [0.1, 0.15) is 31.1 Å². The van der Waals surface area contributed by atoms with Gasteiger partial charge in [-0.1, -0.05) is 29.8 Å². The lowest BCUT2D eigenvalue weighted by Gasteiger charge is -2.33. The summed E-state index contributed by atoms with van der Waals surface area (Å²) in [6.07, 6.45) is 1.35. The molecule has 1 aromatic carbocycles. The normalized spacial score (nSPS) is 18.0. The van der Waals surface area contributed by atoms with Crippen LogP contribution < -0.4 is 0 Å². The quantitative estimate of drug-likeness (QED) is 0.792. The third-order valence-corrected chi connectivity index (χ3v) is 4.10. The highest BCUT2D eigenvalue weighted by atomic mass is 16.2. The second kappa shape index (κ2) is 5.56. The molecule has 0 fully saturated rings. The zero-order chi connectivity index (χ0) is 17.6. The van der Waals surface area contributed by atoms with E-state index in [1.165, 1.54) is 26.0 Å². The standard InChI is InChI=1S/C18H16N2O4/c1-10-5-4-6-13(7-10)16(19-14(21)8-11(2)17(19)23)20-15(22)9-12(3)18(20)24/h4-9,16H,1-3H3. The summed E-state index contributed by atoms with van der Waals surface area (Å²) in [4.78, 5) is 51.4. The molecule has 6 nitrogen and oxygen atoms in total. The number of hydrogen-bond acceptors (Lipinski definition) is 4. The number of rotatable bonds is 3. The maximum absolute atomic E-state index is 12.4. The van der Waals surface area contributed by atoms with Crippen molar-refractivity contribution < 1.29 is 19.2 Å². The van der Waals surface area contributed by atoms with Gasteiger partial charge in [0, 0.05) is 23.3 Å². The van der Waals surface area contributed by atoms with Crippen molar-refractivity contribution in [1.29, 1.82) is 0 Å². The van der Waals surface area contributed by atoms with E-state index >= 15 is 0 Å². The average Bonchev–Trinajstić information content (AvgIpc) is 2.91. The molecule has 0 aromatic heterocycles. The second-order valence-corrected chi connectivity index (χ2v) is 5.97. The van der Waals surface area contributed by atoms with Crippen LogP contribution in [0, 0.1) is 6.92 Å². The molecule has 0 saturated heterocycles. The summed E-state index contributed by atoms with van der Waals surface area (Å²) >= 11 is 0. The van der Waals surface area contributed by atoms with Crippen LogP contribution in [0.25, 0.3) is 0 Å². The Labute approximate surface area is 139 Å². The molecule has 1 aromatic rings. The first-order valence-corrected chi connectivity index (χ1v) is 7.49. The molecule has 2 aliphatic rings. The molecule has 0 bridgehead atoms. The molecule has 0 saturated carbocycles. The van der Waals surface area contributed by atoms with Gasteiger partial charge in [-0.25, -0.2) is 9.80 Å². The lowest BCUT2D eigenvalue weighted by molar-refractivity contribution is -0.153. The van der Waals surface area contributed by atoms with Crippen molar-refractivity contribution in [1.82, 2.24) is 9.80 Å². The van der Waals surface area contributed by atoms with E-state index in [-0.39, 0.29) is 11.1 Å². The van der Waals surface area contributed by atoms with E-state index in [0.29, 0.717) is 5.56 Å². The molecule has 6 heteroatoms. The zero-order valence-electron chi connectivity index (χ0n) is 13.6. The summed E-state index contributed by atoms with van der Waals surface area (Å²) in [5, 5.41) is 0. The molecule has 0 aliphatic carbocycles. The fourth-order valence-electron chi connectivity index (χ4n) is 2.92. The van der Waals surface area contributed by atoms with Gasteiger partial charge in [0.2, 0.25) is 0 Å². The van der Waals surface area contributed by atoms with Gasteiger partial charge in [-0.15, -0.1) is 0 Å². The van der Waals surface area contributed by atoms with E-state index in [0.717, 1.165) is 15.4 Å². The van der Waals surface area contributed by atoms with Crippen LogP contribution in [0.4, 0.5) is 0 Å². The van der Waals surface area contributed by atoms with E-state index < -0.39 is 29.8 Å². The fourth-order valence-corrected chi connectivity index (χ4v) is 2.92. The van der Waals surface area contributed by atoms with Crippen molar-refractivity contribution in [2.45, 2.75) is 26.9 Å². The molecule has 3 rings (SSSR count). The number of aryl methyl sites for hydroxylation is 1. The maximum Gasteiger partial charge on any atom is 0.258 e. The van der Waals surface area contributed by atoms with E-state index in [1.54, 1.807) is 18.2 Å². The number of nitrogens with zero attached hydrogens (tertiary/aromatic N) is 2. The van der Waals surface area contributed by atoms with Crippen LogP contribution in [-0.2, 0) is 19.2 Å². The second-order valence-electron chi connectivity index (χ2n) is 5.97. The predicted molar refractivity (Wildman–Crippen MR) is 85.1 cm³/mol. The van der Waals surface area contributed by atoms with Crippen LogP contribution in [0.15, 0.2) is 47.6 Å². The van der Waals surface area contributed by atoms with Crippen LogP contribution in [0.3, 0.4) is 0 Å². The summed E-state index contributed by atoms with van der Waals surface area (Å²) in [7, 11) is 0. The minimum atomic E-state index is -1.09. The lowest BCUT2D eigenvalue weighted by Crippen LogP contribution is -2.47. The van der Waals surface area contributed by atoms with Crippen LogP contribution in [0.5, 0.6) is 0 Å². The monoisotopic (exact) mass is 324 g/mol. The van der Waals surface area contributed by atoms with Crippen LogP contribution in [0.2, 0.25) is 0 Å². The third kappa shape index (κ3) is 2.36. The van der Waals surface area contributed by atoms with Crippen LogP contribution >= 0.6 is 0 Å². The Hall–Kier alpha value is -3.02. The van der Waals surface area contributed by atoms with Crippen molar-refractivity contribution in [2.24, 2.45) is 0 Å². The number of carbonyl (C=O) groups is 4. The molecule has 2 heterocycles. The number of carbonyl (C=O) groups excluding carboxylic acids is 4. The van der Waals surface area contributed by atoms with Gasteiger partial charge in [0.1, 0.15) is 6.17 Å². The lowest BCUT2D eigenvalue weighted by atomic mass is 10.1. The van der Waals surface area contributed by atoms with Gasteiger partial charge in [-0.05, 0) is 26.3 Å². The summed E-state index contributed by atoms with van der Waals surface area (Å²) in [6, 6.07) is 7.07. The highest BCUT2D eigenvalue weighted by molar-refractivity contribution is 6.19. The van der Waals surface area contributed by atoms with Gasteiger partial charge in [-0.2, -0.15) is 0 Å². The molecule has 24 heavy (non-hydrogen) atoms. The zero-order valence-corrected chi connectivity index (χ0v) is 13.6. The van der Waals surface area contributed by atoms with Gasteiger partial charge in [-0.3, -0.25) is 19.2 Å². The molecule has 0 spiro atoms. The molecule has 4 amide bonds. The van der Waals surface area contributed by atoms with E-state index in [2.05, 4.69) is 0 Å². The Morgan fingerprint density at radius 3 is 1.67 bits per heavy atom. The van der Waals surface area contributed by atoms with E-state index in [4.69, 9.17) is 0 Å². The predicted octanol–water partition coefficient (Wildman–Crippen LogP) is 1.62. The number of hydrogen-bond donors (Lipinski definition) is 0. The highest BCUT2D eigenvalue weighted by Crippen LogP contribution is 2.33. The van der Waals surface area contributed by atoms with Crippen molar-refractivity contribution in [3.8, 4) is 0 Å². The average molecular weight is 324 g/mol. The van der Waals surface area contributed by atoms with Gasteiger partial charge in [0.15, 0.2) is 0 Å². The van der Waals surface area contributed by atoms with Crippen molar-refractivity contribution in [3.63, 3.8) is 0 Å². The Balaban J connectivity index is 2.13. The van der Waals surface area contributed by atoms with E-state index in [1.807, 2.05) is 13.0 Å². The first kappa shape index (κ1) is 15.9. The molecule has 122 valence electrons. The minimum absolute atomic E-state index is 0.279. The smallest absolute Gasteiger partial charge is 0.258 e. The number of amides is 4. The molecule has 2 aliphatic heterocycles. The fraction of sp³-hybridized carbons (Fsp3) is 0.222. The minimum Gasteiger partial charge on any atom is -0.269 e. The van der Waals surface area contributed by atoms with E-state index in [9.17, 15) is 19.2 Å². The molecule has 0 N–H and O–H groups in total.